The van der Waals surface area contributed by atoms with Gasteiger partial charge in [0.05, 0.1) is 22.8 Å². The molecule has 0 saturated heterocycles. The van der Waals surface area contributed by atoms with Crippen molar-refractivity contribution in [3.63, 3.8) is 0 Å². The van der Waals surface area contributed by atoms with Gasteiger partial charge in [0.1, 0.15) is 0 Å². The lowest BCUT2D eigenvalue weighted by Crippen LogP contribution is -2.27. The quantitative estimate of drug-likeness (QED) is 0.152. The minimum atomic E-state index is -0.119. The highest BCUT2D eigenvalue weighted by molar-refractivity contribution is 5.99. The Morgan fingerprint density at radius 1 is 0.233 bits per heavy atom. The second kappa shape index (κ2) is 19.1. The van der Waals surface area contributed by atoms with E-state index >= 15 is 0 Å². The van der Waals surface area contributed by atoms with Crippen molar-refractivity contribution in [2.24, 2.45) is 0 Å². The molecule has 13 aromatic rings. The first-order chi connectivity index (χ1) is 42.2. The third-order valence-corrected chi connectivity index (χ3v) is 19.3. The summed E-state index contributed by atoms with van der Waals surface area (Å²) in [5.41, 5.74) is 32.9. The molecule has 5 aliphatic rings. The van der Waals surface area contributed by atoms with Crippen molar-refractivity contribution in [2.45, 2.75) is 50.4 Å². The van der Waals surface area contributed by atoms with Crippen molar-refractivity contribution in [3.8, 4) is 112 Å². The average Bonchev–Trinajstić information content (AvgIpc) is 0.901. The Bertz CT molecular complexity index is 4640. The summed E-state index contributed by atoms with van der Waals surface area (Å²) in [7, 11) is 0. The van der Waals surface area contributed by atoms with Crippen LogP contribution < -0.4 is 0 Å². The minimum Gasteiger partial charge on any atom is -0.228 e. The highest BCUT2D eigenvalue weighted by Crippen LogP contribution is 2.58. The van der Waals surface area contributed by atoms with Gasteiger partial charge in [-0.2, -0.15) is 0 Å². The molecule has 406 valence electrons. The van der Waals surface area contributed by atoms with E-state index in [0.29, 0.717) is 11.6 Å². The third-order valence-electron chi connectivity index (χ3n) is 19.3. The average molecular weight is 1100 g/mol. The van der Waals surface area contributed by atoms with Gasteiger partial charge < -0.3 is 0 Å². The smallest absolute Gasteiger partial charge is 0.160 e. The van der Waals surface area contributed by atoms with Gasteiger partial charge in [-0.05, 0) is 124 Å². The first-order valence-corrected chi connectivity index (χ1v) is 30.1. The molecular weight excluding hydrogens is 1040 g/mol. The molecule has 0 saturated carbocycles. The van der Waals surface area contributed by atoms with Crippen molar-refractivity contribution in [3.05, 3.63) is 323 Å². The standard InChI is InChI=1S/C82H58N4/c1-81(2)67-37-19-17-33-63(67)77-57(35-21-39-69(77)81)53-27-11-13-29-55(53)73-47-71(83-79(85-73)49-23-7-5-8-24-49)51-41-43-61-65(45-51)75-59-31-15-16-32-60(59)76(61)66-46-52(42-44-62(66)75)72-48-74(86-80(84-72)50-25-9-6-10-26-50)56-30-14-12-28-54(56)58-36-22-40-70-78(58)64-34-18-20-38-68(64)82(70,3)4/h5-48,75-76H,1-4H3. The fraction of sp³-hybridized carbons (Fsp3) is 0.0976. The normalized spacial score (nSPS) is 15.6. The summed E-state index contributed by atoms with van der Waals surface area (Å²) < 4.78 is 0. The highest BCUT2D eigenvalue weighted by Gasteiger charge is 2.43. The molecule has 0 radical (unpaired) electrons. The van der Waals surface area contributed by atoms with Crippen LogP contribution in [0.5, 0.6) is 0 Å². The summed E-state index contributed by atoms with van der Waals surface area (Å²) >= 11 is 0. The molecule has 0 amide bonds. The van der Waals surface area contributed by atoms with Gasteiger partial charge in [0.25, 0.3) is 0 Å². The maximum Gasteiger partial charge on any atom is 0.160 e. The second-order valence-electron chi connectivity index (χ2n) is 24.7. The van der Waals surface area contributed by atoms with Gasteiger partial charge >= 0.3 is 0 Å². The van der Waals surface area contributed by atoms with Gasteiger partial charge in [-0.15, -0.1) is 0 Å². The molecule has 4 heteroatoms. The van der Waals surface area contributed by atoms with E-state index in [0.717, 1.165) is 67.3 Å². The Balaban J connectivity index is 0.789. The first kappa shape index (κ1) is 50.1. The number of fused-ring (bicyclic) bond motifs is 6. The van der Waals surface area contributed by atoms with E-state index in [-0.39, 0.29) is 22.7 Å². The van der Waals surface area contributed by atoms with Crippen LogP contribution in [0.3, 0.4) is 0 Å². The zero-order valence-electron chi connectivity index (χ0n) is 48.3. The SMILES string of the molecule is CC1(C)c2ccccc2-c2c(-c3ccccc3-c3cc(-c4ccc5c(c4)C4c6ccccc6C5c5cc(-c6cc(-c7ccccc7-c7cccc8c7-c7ccccc7C8(C)C)nc(-c7ccccc7)n6)ccc54)nc(-c4ccccc4)n3)cccc21. The molecule has 0 N–H and O–H groups in total. The molecule has 2 bridgehead atoms. The Labute approximate surface area is 502 Å². The zero-order valence-corrected chi connectivity index (χ0v) is 48.3. The lowest BCUT2D eigenvalue weighted by Gasteiger charge is -2.42. The van der Waals surface area contributed by atoms with Crippen molar-refractivity contribution < 1.29 is 0 Å². The first-order valence-electron chi connectivity index (χ1n) is 30.1. The molecule has 2 aromatic heterocycles. The second-order valence-corrected chi connectivity index (χ2v) is 24.7. The maximum absolute atomic E-state index is 5.44. The number of rotatable bonds is 8. The maximum atomic E-state index is 5.44. The van der Waals surface area contributed by atoms with Crippen molar-refractivity contribution >= 4 is 0 Å². The summed E-state index contributed by atoms with van der Waals surface area (Å²) in [6.45, 7) is 9.40. The molecule has 2 unspecified atom stereocenters. The van der Waals surface area contributed by atoms with Crippen LogP contribution in [0.4, 0.5) is 0 Å². The molecule has 18 rings (SSSR count). The molecule has 0 aliphatic heterocycles. The molecule has 4 nitrogen and oxygen atoms in total. The molecule has 0 spiro atoms. The zero-order chi connectivity index (χ0) is 57.4. The van der Waals surface area contributed by atoms with Crippen LogP contribution >= 0.6 is 0 Å². The van der Waals surface area contributed by atoms with Crippen LogP contribution in [-0.4, -0.2) is 19.9 Å². The Hall–Kier alpha value is -10.4. The molecule has 86 heavy (non-hydrogen) atoms. The van der Waals surface area contributed by atoms with Crippen LogP contribution in [-0.2, 0) is 10.8 Å². The van der Waals surface area contributed by atoms with Crippen LogP contribution in [0.15, 0.2) is 267 Å². The molecule has 2 heterocycles. The molecule has 0 fully saturated rings. The van der Waals surface area contributed by atoms with Crippen molar-refractivity contribution in [1.29, 1.82) is 0 Å². The fourth-order valence-electron chi connectivity index (χ4n) is 15.3. The predicted molar refractivity (Wildman–Crippen MR) is 351 cm³/mol. The monoisotopic (exact) mass is 1100 g/mol. The number of aromatic nitrogens is 4. The topological polar surface area (TPSA) is 51.6 Å². The van der Waals surface area contributed by atoms with Crippen molar-refractivity contribution in [2.75, 3.05) is 0 Å². The van der Waals surface area contributed by atoms with E-state index < -0.39 is 0 Å². The summed E-state index contributed by atoms with van der Waals surface area (Å²) in [6.07, 6.45) is 0. The van der Waals surface area contributed by atoms with E-state index in [1.165, 1.54) is 89.0 Å². The van der Waals surface area contributed by atoms with Gasteiger partial charge in [0.15, 0.2) is 11.6 Å². The number of hydrogen-bond donors (Lipinski definition) is 0. The Morgan fingerprint density at radius 3 is 0.988 bits per heavy atom. The van der Waals surface area contributed by atoms with E-state index in [1.807, 2.05) is 0 Å². The fourth-order valence-corrected chi connectivity index (χ4v) is 15.3. The van der Waals surface area contributed by atoms with Gasteiger partial charge in [-0.25, -0.2) is 19.9 Å². The van der Waals surface area contributed by atoms with Crippen LogP contribution in [0.1, 0.15) is 95.2 Å². The predicted octanol–water partition coefficient (Wildman–Crippen LogP) is 20.2. The van der Waals surface area contributed by atoms with E-state index in [2.05, 4.69) is 295 Å². The number of hydrogen-bond acceptors (Lipinski definition) is 4. The van der Waals surface area contributed by atoms with Gasteiger partial charge in [0.2, 0.25) is 0 Å². The number of nitrogens with zero attached hydrogens (tertiary/aromatic N) is 4. The minimum absolute atomic E-state index is 0.0218. The van der Waals surface area contributed by atoms with Gasteiger partial charge in [0, 0.05) is 56.0 Å². The van der Waals surface area contributed by atoms with Crippen LogP contribution in [0.25, 0.3) is 112 Å². The molecular formula is C82H58N4. The molecule has 11 aromatic carbocycles. The van der Waals surface area contributed by atoms with E-state index in [4.69, 9.17) is 19.9 Å². The lowest BCUT2D eigenvalue weighted by molar-refractivity contribution is 0.660. The summed E-state index contributed by atoms with van der Waals surface area (Å²) in [6, 6.07) is 97.6. The lowest BCUT2D eigenvalue weighted by atomic mass is 9.60. The van der Waals surface area contributed by atoms with E-state index in [1.54, 1.807) is 0 Å². The Kier molecular flexibility index (Phi) is 11.1. The van der Waals surface area contributed by atoms with Gasteiger partial charge in [-0.3, -0.25) is 0 Å². The van der Waals surface area contributed by atoms with Crippen LogP contribution in [0.2, 0.25) is 0 Å². The highest BCUT2D eigenvalue weighted by atomic mass is 14.9. The summed E-state index contributed by atoms with van der Waals surface area (Å²) in [5.74, 6) is 1.44. The summed E-state index contributed by atoms with van der Waals surface area (Å²) in [4.78, 5) is 21.8. The summed E-state index contributed by atoms with van der Waals surface area (Å²) in [5, 5.41) is 0. The van der Waals surface area contributed by atoms with Gasteiger partial charge in [-0.1, -0.05) is 270 Å². The van der Waals surface area contributed by atoms with Crippen molar-refractivity contribution in [1.82, 2.24) is 19.9 Å². The van der Waals surface area contributed by atoms with E-state index in [9.17, 15) is 0 Å². The largest absolute Gasteiger partial charge is 0.228 e. The number of benzene rings is 11. The van der Waals surface area contributed by atoms with Crippen LogP contribution in [0, 0.1) is 0 Å². The molecule has 5 aliphatic carbocycles. The Morgan fingerprint density at radius 2 is 0.558 bits per heavy atom. The molecule has 2 atom stereocenters. The third kappa shape index (κ3) is 7.55.